The molecule has 5 heteroatoms. The normalized spacial score (nSPS) is 12.6. The second-order valence-electron chi connectivity index (χ2n) is 4.35. The fourth-order valence-corrected chi connectivity index (χ4v) is 1.97. The van der Waals surface area contributed by atoms with E-state index in [4.69, 9.17) is 9.15 Å². The van der Waals surface area contributed by atoms with E-state index in [0.29, 0.717) is 6.61 Å². The highest BCUT2D eigenvalue weighted by Crippen LogP contribution is 2.27. The minimum absolute atomic E-state index is 0.134. The maximum atomic E-state index is 11.6. The van der Waals surface area contributed by atoms with E-state index in [1.165, 1.54) is 0 Å². The van der Waals surface area contributed by atoms with Crippen molar-refractivity contribution in [2.75, 3.05) is 11.9 Å². The first kappa shape index (κ1) is 13.4. The van der Waals surface area contributed by atoms with Gasteiger partial charge in [-0.1, -0.05) is 6.92 Å². The molecule has 2 rings (SSSR count). The lowest BCUT2D eigenvalue weighted by molar-refractivity contribution is 0.334. The molecule has 0 aliphatic heterocycles. The first-order chi connectivity index (χ1) is 9.08. The van der Waals surface area contributed by atoms with Crippen LogP contribution in [0.4, 0.5) is 5.69 Å². The van der Waals surface area contributed by atoms with Crippen LogP contribution in [0, 0.1) is 6.92 Å². The summed E-state index contributed by atoms with van der Waals surface area (Å²) in [6.07, 6.45) is 0.733. The van der Waals surface area contributed by atoms with Gasteiger partial charge >= 0.3 is 0 Å². The predicted octanol–water partition coefficient (Wildman–Crippen LogP) is 2.15. The molecule has 1 atom stereocenters. The molecule has 0 saturated carbocycles. The van der Waals surface area contributed by atoms with Gasteiger partial charge in [-0.05, 0) is 32.4 Å². The van der Waals surface area contributed by atoms with Gasteiger partial charge in [0, 0.05) is 0 Å². The minimum atomic E-state index is -0.560. The topological polar surface area (TPSA) is 68.5 Å². The van der Waals surface area contributed by atoms with Crippen LogP contribution in [0.1, 0.15) is 37.8 Å². The van der Waals surface area contributed by atoms with E-state index in [2.05, 4.69) is 5.32 Å². The molecule has 0 aliphatic carbocycles. The Kier molecular flexibility index (Phi) is 3.74. The van der Waals surface area contributed by atoms with Crippen molar-refractivity contribution in [2.45, 2.75) is 33.2 Å². The van der Waals surface area contributed by atoms with E-state index < -0.39 is 10.9 Å². The summed E-state index contributed by atoms with van der Waals surface area (Å²) in [5.41, 5.74) is -0.826. The van der Waals surface area contributed by atoms with Crippen LogP contribution in [-0.4, -0.2) is 6.61 Å². The SMILES string of the molecule is CCOc1c(NC(CC)c2ccc(C)o2)c(=O)c1=O. The van der Waals surface area contributed by atoms with Gasteiger partial charge < -0.3 is 14.5 Å². The predicted molar refractivity (Wildman–Crippen MR) is 72.6 cm³/mol. The van der Waals surface area contributed by atoms with Crippen molar-refractivity contribution >= 4 is 5.69 Å². The third-order valence-electron chi connectivity index (χ3n) is 2.99. The van der Waals surface area contributed by atoms with E-state index in [9.17, 15) is 9.59 Å². The van der Waals surface area contributed by atoms with Gasteiger partial charge in [-0.3, -0.25) is 9.59 Å². The molecule has 1 aromatic carbocycles. The highest BCUT2D eigenvalue weighted by atomic mass is 16.5. The lowest BCUT2D eigenvalue weighted by Gasteiger charge is -2.19. The van der Waals surface area contributed by atoms with Crippen LogP contribution < -0.4 is 20.9 Å². The smallest absolute Gasteiger partial charge is 0.272 e. The fraction of sp³-hybridized carbons (Fsp3) is 0.429. The van der Waals surface area contributed by atoms with Crippen molar-refractivity contribution in [3.05, 3.63) is 44.1 Å². The monoisotopic (exact) mass is 263 g/mol. The fourth-order valence-electron chi connectivity index (χ4n) is 1.97. The zero-order chi connectivity index (χ0) is 14.0. The maximum Gasteiger partial charge on any atom is 0.272 e. The molecule has 0 amide bonds. The number of ether oxygens (including phenoxy) is 1. The Balaban J connectivity index is 2.22. The molecule has 1 heterocycles. The Morgan fingerprint density at radius 2 is 2.00 bits per heavy atom. The summed E-state index contributed by atoms with van der Waals surface area (Å²) >= 11 is 0. The molecule has 0 saturated heterocycles. The summed E-state index contributed by atoms with van der Waals surface area (Å²) in [5.74, 6) is 1.69. The Hall–Kier alpha value is -2.04. The summed E-state index contributed by atoms with van der Waals surface area (Å²) in [7, 11) is 0. The second-order valence-corrected chi connectivity index (χ2v) is 4.35. The summed E-state index contributed by atoms with van der Waals surface area (Å²) in [6.45, 7) is 5.96. The van der Waals surface area contributed by atoms with Crippen molar-refractivity contribution in [3.63, 3.8) is 0 Å². The summed E-state index contributed by atoms with van der Waals surface area (Å²) in [5, 5.41) is 3.04. The lowest BCUT2D eigenvalue weighted by Crippen LogP contribution is -2.36. The van der Waals surface area contributed by atoms with Crippen LogP contribution in [0.5, 0.6) is 5.75 Å². The van der Waals surface area contributed by atoms with Crippen LogP contribution in [0.25, 0.3) is 0 Å². The maximum absolute atomic E-state index is 11.6. The van der Waals surface area contributed by atoms with Gasteiger partial charge in [0.15, 0.2) is 5.75 Å². The number of nitrogens with one attached hydrogen (secondary N) is 1. The van der Waals surface area contributed by atoms with Gasteiger partial charge in [0.1, 0.15) is 17.2 Å². The van der Waals surface area contributed by atoms with Crippen molar-refractivity contribution in [3.8, 4) is 5.75 Å². The molecule has 1 N–H and O–H groups in total. The van der Waals surface area contributed by atoms with Gasteiger partial charge in [-0.15, -0.1) is 0 Å². The molecule has 2 aromatic rings. The van der Waals surface area contributed by atoms with Crippen LogP contribution >= 0.6 is 0 Å². The van der Waals surface area contributed by atoms with E-state index in [-0.39, 0.29) is 17.5 Å². The summed E-state index contributed by atoms with van der Waals surface area (Å²) < 4.78 is 10.7. The Bertz CT molecular complexity index is 634. The second kappa shape index (κ2) is 5.30. The van der Waals surface area contributed by atoms with E-state index in [1.807, 2.05) is 26.0 Å². The van der Waals surface area contributed by atoms with E-state index in [1.54, 1.807) is 6.92 Å². The molecule has 0 radical (unpaired) electrons. The van der Waals surface area contributed by atoms with Crippen LogP contribution in [-0.2, 0) is 0 Å². The Labute approximate surface area is 110 Å². The number of rotatable bonds is 6. The lowest BCUT2D eigenvalue weighted by atomic mass is 10.1. The van der Waals surface area contributed by atoms with E-state index >= 15 is 0 Å². The van der Waals surface area contributed by atoms with Gasteiger partial charge in [-0.2, -0.15) is 0 Å². The van der Waals surface area contributed by atoms with Crippen molar-refractivity contribution in [2.24, 2.45) is 0 Å². The number of hydrogen-bond acceptors (Lipinski definition) is 5. The standard InChI is InChI=1S/C14H17NO4/c1-4-9(10-7-6-8(3)19-10)15-11-12(16)13(17)14(11)18-5-2/h6-7,9,15H,4-5H2,1-3H3. The molecule has 5 nitrogen and oxygen atoms in total. The number of hydrogen-bond donors (Lipinski definition) is 1. The highest BCUT2D eigenvalue weighted by Gasteiger charge is 2.25. The van der Waals surface area contributed by atoms with Crippen molar-refractivity contribution < 1.29 is 9.15 Å². The van der Waals surface area contributed by atoms with Crippen LogP contribution in [0.15, 0.2) is 26.1 Å². The zero-order valence-corrected chi connectivity index (χ0v) is 11.3. The molecule has 102 valence electrons. The molecular weight excluding hydrogens is 246 g/mol. The first-order valence-corrected chi connectivity index (χ1v) is 6.37. The average Bonchev–Trinajstić information content (AvgIpc) is 2.84. The molecule has 0 aliphatic rings. The van der Waals surface area contributed by atoms with Gasteiger partial charge in [0.25, 0.3) is 10.9 Å². The zero-order valence-electron chi connectivity index (χ0n) is 11.3. The molecule has 19 heavy (non-hydrogen) atoms. The highest BCUT2D eigenvalue weighted by molar-refractivity contribution is 5.62. The molecule has 0 bridgehead atoms. The minimum Gasteiger partial charge on any atom is -0.488 e. The van der Waals surface area contributed by atoms with Crippen molar-refractivity contribution in [1.82, 2.24) is 0 Å². The number of furan rings is 1. The molecule has 1 unspecified atom stereocenters. The third kappa shape index (κ3) is 2.41. The average molecular weight is 263 g/mol. The molecule has 0 spiro atoms. The molecular formula is C14H17NO4. The van der Waals surface area contributed by atoms with Crippen LogP contribution in [0.3, 0.4) is 0 Å². The third-order valence-corrected chi connectivity index (χ3v) is 2.99. The number of aryl methyl sites for hydroxylation is 1. The molecule has 1 aromatic heterocycles. The largest absolute Gasteiger partial charge is 0.488 e. The van der Waals surface area contributed by atoms with Crippen molar-refractivity contribution in [1.29, 1.82) is 0 Å². The molecule has 0 fully saturated rings. The Morgan fingerprint density at radius 3 is 2.53 bits per heavy atom. The van der Waals surface area contributed by atoms with Gasteiger partial charge in [0.05, 0.1) is 12.6 Å². The van der Waals surface area contributed by atoms with Crippen LogP contribution in [0.2, 0.25) is 0 Å². The number of anilines is 1. The summed E-state index contributed by atoms with van der Waals surface area (Å²) in [6, 6.07) is 3.59. The van der Waals surface area contributed by atoms with E-state index in [0.717, 1.165) is 17.9 Å². The Morgan fingerprint density at radius 1 is 1.26 bits per heavy atom. The first-order valence-electron chi connectivity index (χ1n) is 6.37. The van der Waals surface area contributed by atoms with Gasteiger partial charge in [0.2, 0.25) is 0 Å². The van der Waals surface area contributed by atoms with Gasteiger partial charge in [-0.25, -0.2) is 0 Å². The quantitative estimate of drug-likeness (QED) is 0.809. The summed E-state index contributed by atoms with van der Waals surface area (Å²) in [4.78, 5) is 22.9.